The Morgan fingerprint density at radius 3 is 3.14 bits per heavy atom. The van der Waals surface area contributed by atoms with Gasteiger partial charge in [0.25, 0.3) is 5.91 Å². The van der Waals surface area contributed by atoms with Crippen molar-refractivity contribution in [3.05, 3.63) is 59.5 Å². The topological polar surface area (TPSA) is 74.3 Å². The van der Waals surface area contributed by atoms with Gasteiger partial charge in [0.1, 0.15) is 5.56 Å². The molecule has 0 radical (unpaired) electrons. The molecular weight excluding hydrogens is 278 g/mol. The van der Waals surface area contributed by atoms with Crippen LogP contribution in [0.15, 0.2) is 42.9 Å². The minimum atomic E-state index is -0.137. The molecule has 3 heterocycles. The number of rotatable bonds is 1. The molecule has 6 heteroatoms. The lowest BCUT2D eigenvalue weighted by Gasteiger charge is -2.16. The lowest BCUT2D eigenvalue weighted by Crippen LogP contribution is -2.28. The van der Waals surface area contributed by atoms with Crippen molar-refractivity contribution in [1.82, 2.24) is 14.6 Å². The monoisotopic (exact) mass is 289 g/mol. The van der Waals surface area contributed by atoms with Gasteiger partial charge in [-0.2, -0.15) is 10.4 Å². The van der Waals surface area contributed by atoms with Gasteiger partial charge in [0.15, 0.2) is 5.65 Å². The van der Waals surface area contributed by atoms with Crippen LogP contribution in [-0.4, -0.2) is 27.0 Å². The van der Waals surface area contributed by atoms with E-state index in [1.165, 1.54) is 6.20 Å². The third-order valence-corrected chi connectivity index (χ3v) is 3.86. The first kappa shape index (κ1) is 12.5. The van der Waals surface area contributed by atoms with Gasteiger partial charge in [-0.15, -0.1) is 0 Å². The molecule has 0 spiro atoms. The molecule has 0 unspecified atom stereocenters. The van der Waals surface area contributed by atoms with E-state index in [2.05, 4.69) is 16.2 Å². The molecular formula is C16H11N5O. The number of hydrogen-bond donors (Lipinski definition) is 0. The SMILES string of the molecule is N#Cc1ccc2c(c1)N(C(=O)c1cnn3cccnc13)CC2. The Balaban J connectivity index is 1.78. The zero-order chi connectivity index (χ0) is 15.1. The molecule has 0 fully saturated rings. The summed E-state index contributed by atoms with van der Waals surface area (Å²) in [5.74, 6) is -0.137. The van der Waals surface area contributed by atoms with Crippen molar-refractivity contribution < 1.29 is 4.79 Å². The van der Waals surface area contributed by atoms with E-state index in [1.807, 2.05) is 6.07 Å². The van der Waals surface area contributed by atoms with Gasteiger partial charge in [0.2, 0.25) is 0 Å². The maximum absolute atomic E-state index is 12.8. The van der Waals surface area contributed by atoms with Gasteiger partial charge in [-0.05, 0) is 30.2 Å². The van der Waals surface area contributed by atoms with E-state index < -0.39 is 0 Å². The molecule has 22 heavy (non-hydrogen) atoms. The van der Waals surface area contributed by atoms with Crippen LogP contribution in [-0.2, 0) is 6.42 Å². The number of carbonyl (C=O) groups is 1. The van der Waals surface area contributed by atoms with Crippen molar-refractivity contribution in [1.29, 1.82) is 5.26 Å². The molecule has 0 saturated heterocycles. The highest BCUT2D eigenvalue weighted by molar-refractivity contribution is 6.10. The molecule has 0 N–H and O–H groups in total. The summed E-state index contributed by atoms with van der Waals surface area (Å²) >= 11 is 0. The van der Waals surface area contributed by atoms with Gasteiger partial charge in [0, 0.05) is 24.6 Å². The number of benzene rings is 1. The summed E-state index contributed by atoms with van der Waals surface area (Å²) in [5.41, 5.74) is 3.45. The molecule has 0 bridgehead atoms. The summed E-state index contributed by atoms with van der Waals surface area (Å²) in [6, 6.07) is 9.33. The summed E-state index contributed by atoms with van der Waals surface area (Å²) in [6.45, 7) is 0.604. The predicted molar refractivity (Wildman–Crippen MR) is 79.5 cm³/mol. The second-order valence-electron chi connectivity index (χ2n) is 5.11. The van der Waals surface area contributed by atoms with Gasteiger partial charge >= 0.3 is 0 Å². The van der Waals surface area contributed by atoms with Crippen LogP contribution in [0.3, 0.4) is 0 Å². The van der Waals surface area contributed by atoms with Crippen molar-refractivity contribution >= 4 is 17.2 Å². The smallest absolute Gasteiger partial charge is 0.263 e. The lowest BCUT2D eigenvalue weighted by atomic mass is 10.1. The third-order valence-electron chi connectivity index (χ3n) is 3.86. The largest absolute Gasteiger partial charge is 0.308 e. The van der Waals surface area contributed by atoms with Gasteiger partial charge < -0.3 is 4.90 Å². The number of nitrogens with zero attached hydrogens (tertiary/aromatic N) is 5. The molecule has 1 aliphatic rings. The van der Waals surface area contributed by atoms with Crippen molar-refractivity contribution in [2.24, 2.45) is 0 Å². The molecule has 1 aromatic carbocycles. The van der Waals surface area contributed by atoms with Gasteiger partial charge in [-0.25, -0.2) is 9.50 Å². The quantitative estimate of drug-likeness (QED) is 0.684. The Bertz CT molecular complexity index is 937. The molecule has 1 amide bonds. The van der Waals surface area contributed by atoms with Gasteiger partial charge in [-0.1, -0.05) is 6.07 Å². The number of hydrogen-bond acceptors (Lipinski definition) is 4. The maximum Gasteiger partial charge on any atom is 0.263 e. The van der Waals surface area contributed by atoms with E-state index in [0.717, 1.165) is 17.7 Å². The molecule has 0 aliphatic carbocycles. The first-order chi connectivity index (χ1) is 10.8. The Hall–Kier alpha value is -3.20. The van der Waals surface area contributed by atoms with E-state index in [9.17, 15) is 4.79 Å². The van der Waals surface area contributed by atoms with Crippen LogP contribution in [0.4, 0.5) is 5.69 Å². The average molecular weight is 289 g/mol. The summed E-state index contributed by atoms with van der Waals surface area (Å²) in [4.78, 5) is 18.8. The summed E-state index contributed by atoms with van der Waals surface area (Å²) in [6.07, 6.45) is 5.72. The first-order valence-electron chi connectivity index (χ1n) is 6.91. The lowest BCUT2D eigenvalue weighted by molar-refractivity contribution is 0.0991. The van der Waals surface area contributed by atoms with E-state index in [1.54, 1.807) is 40.0 Å². The summed E-state index contributed by atoms with van der Waals surface area (Å²) in [5, 5.41) is 13.2. The van der Waals surface area contributed by atoms with Gasteiger partial charge in [0.05, 0.1) is 17.8 Å². The number of aromatic nitrogens is 3. The maximum atomic E-state index is 12.8. The highest BCUT2D eigenvalue weighted by Crippen LogP contribution is 2.30. The molecule has 106 valence electrons. The van der Waals surface area contributed by atoms with Crippen LogP contribution in [0, 0.1) is 11.3 Å². The van der Waals surface area contributed by atoms with E-state index in [4.69, 9.17) is 5.26 Å². The number of amides is 1. The molecule has 6 nitrogen and oxygen atoms in total. The molecule has 0 atom stereocenters. The van der Waals surface area contributed by atoms with Crippen molar-refractivity contribution in [3.63, 3.8) is 0 Å². The summed E-state index contributed by atoms with van der Waals surface area (Å²) in [7, 11) is 0. The Morgan fingerprint density at radius 2 is 2.27 bits per heavy atom. The zero-order valence-corrected chi connectivity index (χ0v) is 11.6. The van der Waals surface area contributed by atoms with E-state index in [0.29, 0.717) is 23.3 Å². The standard InChI is InChI=1S/C16H11N5O/c17-9-11-2-3-12-4-7-20(14(12)8-11)16(22)13-10-19-21-6-1-5-18-15(13)21/h1-3,5-6,8,10H,4,7H2. The van der Waals surface area contributed by atoms with Crippen molar-refractivity contribution in [2.75, 3.05) is 11.4 Å². The third kappa shape index (κ3) is 1.76. The van der Waals surface area contributed by atoms with Crippen LogP contribution >= 0.6 is 0 Å². The van der Waals surface area contributed by atoms with Crippen molar-refractivity contribution in [2.45, 2.75) is 6.42 Å². The van der Waals surface area contributed by atoms with Crippen molar-refractivity contribution in [3.8, 4) is 6.07 Å². The van der Waals surface area contributed by atoms with E-state index in [-0.39, 0.29) is 5.91 Å². The normalized spacial score (nSPS) is 13.1. The minimum absolute atomic E-state index is 0.137. The Morgan fingerprint density at radius 1 is 1.36 bits per heavy atom. The second kappa shape index (κ2) is 4.67. The number of anilines is 1. The number of nitriles is 1. The summed E-state index contributed by atoms with van der Waals surface area (Å²) < 4.78 is 1.58. The Labute approximate surface area is 126 Å². The van der Waals surface area contributed by atoms with Crippen LogP contribution in [0.5, 0.6) is 0 Å². The highest BCUT2D eigenvalue weighted by Gasteiger charge is 2.28. The fourth-order valence-corrected chi connectivity index (χ4v) is 2.78. The fraction of sp³-hybridized carbons (Fsp3) is 0.125. The average Bonchev–Trinajstić information content (AvgIpc) is 3.17. The van der Waals surface area contributed by atoms with Crippen LogP contribution in [0.25, 0.3) is 5.65 Å². The predicted octanol–water partition coefficient (Wildman–Crippen LogP) is 1.80. The molecule has 1 aliphatic heterocycles. The fourth-order valence-electron chi connectivity index (χ4n) is 2.78. The molecule has 0 saturated carbocycles. The molecule has 4 rings (SSSR count). The van der Waals surface area contributed by atoms with E-state index >= 15 is 0 Å². The molecule has 2 aromatic heterocycles. The van der Waals surface area contributed by atoms with Crippen LogP contribution in [0.1, 0.15) is 21.5 Å². The van der Waals surface area contributed by atoms with Crippen LogP contribution in [0.2, 0.25) is 0 Å². The first-order valence-corrected chi connectivity index (χ1v) is 6.91. The highest BCUT2D eigenvalue weighted by atomic mass is 16.2. The second-order valence-corrected chi connectivity index (χ2v) is 5.11. The zero-order valence-electron chi connectivity index (χ0n) is 11.6. The minimum Gasteiger partial charge on any atom is -0.308 e. The van der Waals surface area contributed by atoms with Crippen LogP contribution < -0.4 is 4.90 Å². The van der Waals surface area contributed by atoms with Gasteiger partial charge in [-0.3, -0.25) is 4.79 Å². The number of fused-ring (bicyclic) bond motifs is 2. The number of carbonyl (C=O) groups excluding carboxylic acids is 1. The Kier molecular flexibility index (Phi) is 2.66. The molecule has 3 aromatic rings.